The second-order valence-corrected chi connectivity index (χ2v) is 30.1. The summed E-state index contributed by atoms with van der Waals surface area (Å²) in [5.74, 6) is 0. The van der Waals surface area contributed by atoms with Crippen LogP contribution in [0, 0.1) is 0 Å². The number of rotatable bonds is 14. The van der Waals surface area contributed by atoms with Crippen LogP contribution in [0.5, 0.6) is 0 Å². The van der Waals surface area contributed by atoms with Crippen LogP contribution in [0.25, 0.3) is 0 Å². The number of hydrogen-bond donors (Lipinski definition) is 0. The molecule has 14 rings (SSSR count). The van der Waals surface area contributed by atoms with E-state index in [0.29, 0.717) is 0 Å². The molecule has 0 spiro atoms. The van der Waals surface area contributed by atoms with Crippen LogP contribution in [-0.2, 0) is 0 Å². The van der Waals surface area contributed by atoms with E-state index >= 15 is 0 Å². The Bertz CT molecular complexity index is 3210. The summed E-state index contributed by atoms with van der Waals surface area (Å²) in [4.78, 5) is 2.57. The van der Waals surface area contributed by atoms with Crippen LogP contribution in [-0.4, -0.2) is 0 Å². The van der Waals surface area contributed by atoms with Gasteiger partial charge < -0.3 is 0 Å². The zero-order valence-corrected chi connectivity index (χ0v) is 54.0. The van der Waals surface area contributed by atoms with Crippen LogP contribution in [0.4, 0.5) is 0 Å². The first-order chi connectivity index (χ1) is 44.2. The van der Waals surface area contributed by atoms with Gasteiger partial charge in [-0.1, -0.05) is 412 Å². The van der Waals surface area contributed by atoms with Crippen LogP contribution in [0.1, 0.15) is 0 Å². The van der Waals surface area contributed by atoms with Crippen molar-refractivity contribution in [2.24, 2.45) is 0 Å². The molecule has 0 fully saturated rings. The van der Waals surface area contributed by atoms with Gasteiger partial charge in [0.2, 0.25) is 0 Å². The first kappa shape index (κ1) is 63.2. The molecule has 0 unspecified atom stereocenters. The molecule has 14 aromatic rings. The van der Waals surface area contributed by atoms with Gasteiger partial charge in [0.05, 0.1) is 0 Å². The molecule has 0 aliphatic heterocycles. The minimum absolute atomic E-state index is 0.446. The molecule has 0 amide bonds. The Kier molecular flexibility index (Phi) is 25.4. The SMILES string of the molecule is c1ccc(P(c2ccccc2)c2ccccc2)cc1.c1ccc(P(c2ccccc2)c2ccccc2)cc1.c1ccc(P(c2ccccc2)c2ccccc2)cc1.c1ccc(P(c2ccccc2)c2ccccc2)cc1.c1ccc(Sc2ccccc2)cc1. The van der Waals surface area contributed by atoms with Gasteiger partial charge >= 0.3 is 0 Å². The molecule has 0 radical (unpaired) electrons. The first-order valence-electron chi connectivity index (χ1n) is 29.8. The number of hydrogen-bond acceptors (Lipinski definition) is 1. The highest BCUT2D eigenvalue weighted by Crippen LogP contribution is 2.35. The van der Waals surface area contributed by atoms with Crippen molar-refractivity contribution in [1.82, 2.24) is 0 Å². The second kappa shape index (κ2) is 35.8. The van der Waals surface area contributed by atoms with Gasteiger partial charge in [0, 0.05) is 9.79 Å². The summed E-state index contributed by atoms with van der Waals surface area (Å²) in [6.07, 6.45) is 0. The van der Waals surface area contributed by atoms with Gasteiger partial charge in [-0.15, -0.1) is 0 Å². The lowest BCUT2D eigenvalue weighted by Gasteiger charge is -2.18. The van der Waals surface area contributed by atoms with Gasteiger partial charge in [0.1, 0.15) is 0 Å². The summed E-state index contributed by atoms with van der Waals surface area (Å²) in [5, 5.41) is 16.8. The topological polar surface area (TPSA) is 0 Å². The Balaban J connectivity index is 0.000000123. The molecule has 432 valence electrons. The highest BCUT2D eigenvalue weighted by molar-refractivity contribution is 7.99. The van der Waals surface area contributed by atoms with Crippen molar-refractivity contribution in [2.75, 3.05) is 0 Å². The van der Waals surface area contributed by atoms with Crippen LogP contribution < -0.4 is 63.7 Å². The fourth-order valence-electron chi connectivity index (χ4n) is 9.83. The lowest BCUT2D eigenvalue weighted by molar-refractivity contribution is 1.41. The van der Waals surface area contributed by atoms with Crippen molar-refractivity contribution in [2.45, 2.75) is 9.79 Å². The maximum absolute atomic E-state index is 2.23. The summed E-state index contributed by atoms with van der Waals surface area (Å²) in [5.41, 5.74) is 0. The predicted octanol–water partition coefficient (Wildman–Crippen LogP) is 17.6. The molecule has 0 aromatic heterocycles. The normalized spacial score (nSPS) is 10.5. The van der Waals surface area contributed by atoms with E-state index < -0.39 is 31.7 Å². The molecule has 0 saturated carbocycles. The third-order valence-corrected chi connectivity index (χ3v) is 24.7. The molecular weight excluding hydrogens is 1160 g/mol. The third-order valence-electron chi connectivity index (χ3n) is 13.9. The van der Waals surface area contributed by atoms with Gasteiger partial charge in [-0.05, 0) is 120 Å². The zero-order chi connectivity index (χ0) is 60.6. The summed E-state index contributed by atoms with van der Waals surface area (Å²) < 4.78 is 0. The van der Waals surface area contributed by atoms with Crippen LogP contribution in [0.15, 0.2) is 434 Å². The Morgan fingerprint density at radius 2 is 0.202 bits per heavy atom. The minimum Gasteiger partial charge on any atom is -0.0901 e. The first-order valence-corrected chi connectivity index (χ1v) is 36.0. The predicted molar refractivity (Wildman–Crippen MR) is 398 cm³/mol. The average Bonchev–Trinajstić information content (AvgIpc) is 3.80. The molecule has 0 atom stereocenters. The summed E-state index contributed by atoms with van der Waals surface area (Å²) >= 11 is 1.79. The van der Waals surface area contributed by atoms with Crippen molar-refractivity contribution in [3.8, 4) is 0 Å². The average molecular weight is 1240 g/mol. The highest BCUT2D eigenvalue weighted by Gasteiger charge is 2.19. The molecule has 0 heterocycles. The molecule has 14 aromatic carbocycles. The van der Waals surface area contributed by atoms with E-state index in [2.05, 4.69) is 413 Å². The maximum Gasteiger partial charge on any atom is 0.0122 e. The van der Waals surface area contributed by atoms with E-state index in [9.17, 15) is 0 Å². The fraction of sp³-hybridized carbons (Fsp3) is 0. The Morgan fingerprint density at radius 1 is 0.112 bits per heavy atom. The van der Waals surface area contributed by atoms with E-state index in [1.54, 1.807) is 11.8 Å². The number of benzene rings is 14. The van der Waals surface area contributed by atoms with Gasteiger partial charge in [0.25, 0.3) is 0 Å². The van der Waals surface area contributed by atoms with Crippen molar-refractivity contribution in [3.05, 3.63) is 425 Å². The van der Waals surface area contributed by atoms with Crippen molar-refractivity contribution in [3.63, 3.8) is 0 Å². The van der Waals surface area contributed by atoms with E-state index in [0.717, 1.165) is 0 Å². The smallest absolute Gasteiger partial charge is 0.0122 e. The minimum atomic E-state index is -0.446. The van der Waals surface area contributed by atoms with Gasteiger partial charge in [0.15, 0.2) is 0 Å². The van der Waals surface area contributed by atoms with Gasteiger partial charge in [-0.2, -0.15) is 0 Å². The zero-order valence-electron chi connectivity index (χ0n) is 49.6. The van der Waals surface area contributed by atoms with E-state index in [1.807, 2.05) is 12.1 Å². The molecule has 0 nitrogen and oxygen atoms in total. The molecule has 5 heteroatoms. The Morgan fingerprint density at radius 3 is 0.303 bits per heavy atom. The molecule has 0 aliphatic carbocycles. The van der Waals surface area contributed by atoms with Crippen LogP contribution in [0.2, 0.25) is 0 Å². The van der Waals surface area contributed by atoms with Crippen molar-refractivity contribution < 1.29 is 0 Å². The summed E-state index contributed by atoms with van der Waals surface area (Å²) in [6.45, 7) is 0. The van der Waals surface area contributed by atoms with Crippen molar-refractivity contribution in [1.29, 1.82) is 0 Å². The molecule has 0 N–H and O–H groups in total. The quantitative estimate of drug-likeness (QED) is 0.0978. The molecular formula is C84H70P4S. The molecule has 0 bridgehead atoms. The third kappa shape index (κ3) is 19.6. The maximum atomic E-state index is 2.23. The molecule has 0 aliphatic rings. The van der Waals surface area contributed by atoms with E-state index in [4.69, 9.17) is 0 Å². The summed E-state index contributed by atoms with van der Waals surface area (Å²) in [7, 11) is -1.78. The Labute approximate surface area is 537 Å². The van der Waals surface area contributed by atoms with E-state index in [-0.39, 0.29) is 0 Å². The largest absolute Gasteiger partial charge is 0.0901 e. The summed E-state index contributed by atoms with van der Waals surface area (Å²) in [6, 6.07) is 150. The molecule has 89 heavy (non-hydrogen) atoms. The standard InChI is InChI=1S/4C18H15P.C12H10S/c4*1-4-10-16(11-5-1)19(17-12-6-2-7-13-17)18-14-8-3-9-15-18;1-3-7-11(8-4-1)13-12-9-5-2-6-10-12/h4*1-15H;1-10H. The van der Waals surface area contributed by atoms with Crippen molar-refractivity contribution >= 4 is 107 Å². The monoisotopic (exact) mass is 1230 g/mol. The second-order valence-electron chi connectivity index (χ2n) is 20.1. The fourth-order valence-corrected chi connectivity index (χ4v) is 19.9. The highest BCUT2D eigenvalue weighted by atomic mass is 32.2. The van der Waals surface area contributed by atoms with Crippen LogP contribution >= 0.6 is 43.4 Å². The lowest BCUT2D eigenvalue weighted by atomic mass is 10.4. The lowest BCUT2D eigenvalue weighted by Crippen LogP contribution is -2.20. The van der Waals surface area contributed by atoms with Gasteiger partial charge in [-0.25, -0.2) is 0 Å². The van der Waals surface area contributed by atoms with Gasteiger partial charge in [-0.3, -0.25) is 0 Å². The Hall–Kier alpha value is -8.85. The van der Waals surface area contributed by atoms with Crippen LogP contribution in [0.3, 0.4) is 0 Å². The van der Waals surface area contributed by atoms with E-state index in [1.165, 1.54) is 73.4 Å². The molecule has 0 saturated heterocycles.